The van der Waals surface area contributed by atoms with Crippen molar-refractivity contribution in [3.63, 3.8) is 0 Å². The zero-order valence-electron chi connectivity index (χ0n) is 16.3. The minimum atomic E-state index is -1.07. The lowest BCUT2D eigenvalue weighted by Crippen LogP contribution is -2.71. The summed E-state index contributed by atoms with van der Waals surface area (Å²) in [6.45, 7) is 5.03. The summed E-state index contributed by atoms with van der Waals surface area (Å²) in [6, 6.07) is 4.98. The van der Waals surface area contributed by atoms with Crippen LogP contribution in [0.1, 0.15) is 32.4 Å². The fourth-order valence-electron chi connectivity index (χ4n) is 3.60. The average Bonchev–Trinajstić information content (AvgIpc) is 2.92. The standard InChI is InChI=1S/C19H24N4O5S/c1-9(20)14(24)21-11(10-7-5-4-6-8-10)15(25)22-12-16(26)23-13(18(27)28)19(2,3)29-17(12)23/h4-9,11-13,17H,20H2,1-3H3,(H,21,24)(H,22,25)(H,27,28). The number of thioether (sulfide) groups is 1. The quantitative estimate of drug-likeness (QED) is 0.468. The van der Waals surface area contributed by atoms with Gasteiger partial charge in [-0.25, -0.2) is 4.79 Å². The fourth-order valence-corrected chi connectivity index (χ4v) is 5.23. The predicted octanol–water partition coefficient (Wildman–Crippen LogP) is -0.177. The number of aliphatic carboxylic acids is 1. The minimum absolute atomic E-state index is 0.445. The van der Waals surface area contributed by atoms with Crippen LogP contribution in [-0.4, -0.2) is 61.9 Å². The molecule has 1 aromatic carbocycles. The predicted molar refractivity (Wildman–Crippen MR) is 107 cm³/mol. The summed E-state index contributed by atoms with van der Waals surface area (Å²) in [6.07, 6.45) is 0. The molecule has 2 fully saturated rings. The smallest absolute Gasteiger partial charge is 0.327 e. The summed E-state index contributed by atoms with van der Waals surface area (Å²) in [5, 5.41) is 14.3. The van der Waals surface area contributed by atoms with Crippen molar-refractivity contribution in [2.24, 2.45) is 5.73 Å². The van der Waals surface area contributed by atoms with Gasteiger partial charge in [-0.05, 0) is 26.3 Å². The van der Waals surface area contributed by atoms with Crippen molar-refractivity contribution in [3.05, 3.63) is 35.9 Å². The molecule has 5 unspecified atom stereocenters. The van der Waals surface area contributed by atoms with Crippen LogP contribution in [0.5, 0.6) is 0 Å². The van der Waals surface area contributed by atoms with E-state index in [0.717, 1.165) is 0 Å². The number of carboxylic acids is 1. The third-order valence-electron chi connectivity index (χ3n) is 5.07. The Labute approximate surface area is 172 Å². The van der Waals surface area contributed by atoms with Crippen LogP contribution in [0.4, 0.5) is 0 Å². The Morgan fingerprint density at radius 1 is 1.21 bits per heavy atom. The lowest BCUT2D eigenvalue weighted by molar-refractivity contribution is -0.161. The van der Waals surface area contributed by atoms with E-state index in [1.54, 1.807) is 44.2 Å². The number of carboxylic acid groups (broad SMARTS) is 1. The molecule has 3 rings (SSSR count). The molecule has 2 aliphatic rings. The number of carbonyl (C=O) groups is 4. The maximum absolute atomic E-state index is 13.0. The van der Waals surface area contributed by atoms with Gasteiger partial charge >= 0.3 is 5.97 Å². The van der Waals surface area contributed by atoms with Crippen LogP contribution in [0, 0.1) is 0 Å². The van der Waals surface area contributed by atoms with E-state index in [0.29, 0.717) is 5.56 Å². The van der Waals surface area contributed by atoms with Crippen molar-refractivity contribution < 1.29 is 24.3 Å². The zero-order chi connectivity index (χ0) is 21.5. The molecule has 5 N–H and O–H groups in total. The number of hydrogen-bond acceptors (Lipinski definition) is 6. The zero-order valence-corrected chi connectivity index (χ0v) is 17.1. The molecule has 0 aliphatic carbocycles. The Hall–Kier alpha value is -2.59. The van der Waals surface area contributed by atoms with E-state index < -0.39 is 58.0 Å². The SMILES string of the molecule is CC(N)C(=O)NC(C(=O)NC1C(=O)N2C1SC(C)(C)C2C(=O)O)c1ccccc1. The van der Waals surface area contributed by atoms with Gasteiger partial charge in [0.25, 0.3) is 0 Å². The normalized spacial score (nSPS) is 26.7. The van der Waals surface area contributed by atoms with Crippen LogP contribution in [0.3, 0.4) is 0 Å². The fraction of sp³-hybridized carbons (Fsp3) is 0.474. The van der Waals surface area contributed by atoms with Gasteiger partial charge in [-0.2, -0.15) is 0 Å². The summed E-state index contributed by atoms with van der Waals surface area (Å²) in [7, 11) is 0. The molecule has 29 heavy (non-hydrogen) atoms. The summed E-state index contributed by atoms with van der Waals surface area (Å²) in [5.74, 6) is -2.58. The summed E-state index contributed by atoms with van der Waals surface area (Å²) >= 11 is 1.34. The van der Waals surface area contributed by atoms with Gasteiger partial charge in [-0.1, -0.05) is 30.3 Å². The van der Waals surface area contributed by atoms with Gasteiger partial charge in [-0.3, -0.25) is 14.4 Å². The molecule has 3 amide bonds. The van der Waals surface area contributed by atoms with Gasteiger partial charge < -0.3 is 26.4 Å². The molecule has 0 bridgehead atoms. The molecule has 0 radical (unpaired) electrons. The number of hydrogen-bond donors (Lipinski definition) is 4. The lowest BCUT2D eigenvalue weighted by Gasteiger charge is -2.44. The van der Waals surface area contributed by atoms with Gasteiger partial charge in [0, 0.05) is 4.75 Å². The van der Waals surface area contributed by atoms with E-state index in [9.17, 15) is 24.3 Å². The highest BCUT2D eigenvalue weighted by Gasteiger charge is 2.64. The number of nitrogens with two attached hydrogens (primary N) is 1. The van der Waals surface area contributed by atoms with Crippen molar-refractivity contribution in [3.8, 4) is 0 Å². The van der Waals surface area contributed by atoms with Gasteiger partial charge in [0.2, 0.25) is 17.7 Å². The van der Waals surface area contributed by atoms with Crippen LogP contribution < -0.4 is 16.4 Å². The van der Waals surface area contributed by atoms with Crippen LogP contribution >= 0.6 is 11.8 Å². The molecule has 2 aliphatic heterocycles. The Kier molecular flexibility index (Phi) is 5.59. The average molecular weight is 420 g/mol. The second kappa shape index (κ2) is 7.68. The van der Waals surface area contributed by atoms with Crippen molar-refractivity contribution in [2.45, 2.75) is 55.1 Å². The molecule has 156 valence electrons. The molecule has 9 nitrogen and oxygen atoms in total. The molecule has 1 aromatic rings. The Morgan fingerprint density at radius 3 is 2.38 bits per heavy atom. The number of rotatable bonds is 6. The Balaban J connectivity index is 1.78. The number of benzene rings is 1. The number of nitrogens with zero attached hydrogens (tertiary/aromatic N) is 1. The first-order valence-corrected chi connectivity index (χ1v) is 10.1. The molecule has 2 saturated heterocycles. The van der Waals surface area contributed by atoms with E-state index in [4.69, 9.17) is 5.73 Å². The highest BCUT2D eigenvalue weighted by molar-refractivity contribution is 8.01. The Morgan fingerprint density at radius 2 is 1.83 bits per heavy atom. The monoisotopic (exact) mass is 420 g/mol. The van der Waals surface area contributed by atoms with E-state index >= 15 is 0 Å². The van der Waals surface area contributed by atoms with Gasteiger partial charge in [0.1, 0.15) is 23.5 Å². The molecule has 5 atom stereocenters. The molecule has 0 aromatic heterocycles. The van der Waals surface area contributed by atoms with E-state index in [1.807, 2.05) is 0 Å². The Bertz CT molecular complexity index is 844. The highest BCUT2D eigenvalue weighted by atomic mass is 32.2. The summed E-state index contributed by atoms with van der Waals surface area (Å²) in [4.78, 5) is 50.5. The number of fused-ring (bicyclic) bond motifs is 1. The first kappa shape index (κ1) is 21.1. The van der Waals surface area contributed by atoms with Crippen LogP contribution in [0.25, 0.3) is 0 Å². The molecule has 2 heterocycles. The number of carbonyl (C=O) groups excluding carboxylic acids is 3. The van der Waals surface area contributed by atoms with Crippen molar-refractivity contribution >= 4 is 35.5 Å². The van der Waals surface area contributed by atoms with Crippen LogP contribution in [0.15, 0.2) is 30.3 Å². The lowest BCUT2D eigenvalue weighted by atomic mass is 9.95. The molecule has 10 heteroatoms. The third kappa shape index (κ3) is 3.82. The summed E-state index contributed by atoms with van der Waals surface area (Å²) < 4.78 is -0.687. The maximum Gasteiger partial charge on any atom is 0.327 e. The topological polar surface area (TPSA) is 142 Å². The first-order valence-electron chi connectivity index (χ1n) is 9.18. The van der Waals surface area contributed by atoms with Gasteiger partial charge in [-0.15, -0.1) is 11.8 Å². The number of amides is 3. The van der Waals surface area contributed by atoms with E-state index in [2.05, 4.69) is 10.6 Å². The molecular weight excluding hydrogens is 396 g/mol. The van der Waals surface area contributed by atoms with Crippen molar-refractivity contribution in [2.75, 3.05) is 0 Å². The largest absolute Gasteiger partial charge is 0.480 e. The van der Waals surface area contributed by atoms with Crippen molar-refractivity contribution in [1.82, 2.24) is 15.5 Å². The number of β-lactam (4-membered cyclic amide) rings is 1. The second-order valence-corrected chi connectivity index (χ2v) is 9.50. The van der Waals surface area contributed by atoms with Crippen molar-refractivity contribution in [1.29, 1.82) is 0 Å². The third-order valence-corrected chi connectivity index (χ3v) is 6.64. The molecule has 0 spiro atoms. The van der Waals surface area contributed by atoms with Crippen LogP contribution in [0.2, 0.25) is 0 Å². The second-order valence-electron chi connectivity index (χ2n) is 7.73. The van der Waals surface area contributed by atoms with Crippen LogP contribution in [-0.2, 0) is 19.2 Å². The first-order chi connectivity index (χ1) is 13.5. The van der Waals surface area contributed by atoms with E-state index in [1.165, 1.54) is 23.6 Å². The van der Waals surface area contributed by atoms with E-state index in [-0.39, 0.29) is 0 Å². The van der Waals surface area contributed by atoms with Gasteiger partial charge in [0.15, 0.2) is 0 Å². The van der Waals surface area contributed by atoms with Gasteiger partial charge in [0.05, 0.1) is 6.04 Å². The number of nitrogens with one attached hydrogen (secondary N) is 2. The molecule has 0 saturated carbocycles. The molecular formula is C19H24N4O5S. The highest BCUT2D eigenvalue weighted by Crippen LogP contribution is 2.50. The maximum atomic E-state index is 13.0. The minimum Gasteiger partial charge on any atom is -0.480 e. The summed E-state index contributed by atoms with van der Waals surface area (Å²) in [5.41, 5.74) is 6.15.